The Bertz CT molecular complexity index is 335. The largest absolute Gasteiger partial charge is 0.118 e. The molecule has 18 heavy (non-hydrogen) atoms. The highest BCUT2D eigenvalue weighted by molar-refractivity contribution is 6.20. The van der Waals surface area contributed by atoms with Gasteiger partial charge in [0.1, 0.15) is 0 Å². The van der Waals surface area contributed by atoms with Gasteiger partial charge >= 0.3 is 0 Å². The summed E-state index contributed by atoms with van der Waals surface area (Å²) >= 11 is 6.57. The van der Waals surface area contributed by atoms with Crippen molar-refractivity contribution in [3.63, 3.8) is 0 Å². The predicted molar refractivity (Wildman–Crippen MR) is 80.2 cm³/mol. The zero-order chi connectivity index (χ0) is 12.8. The summed E-state index contributed by atoms with van der Waals surface area (Å²) in [6.45, 7) is 2.22. The van der Waals surface area contributed by atoms with Crippen molar-refractivity contribution in [1.29, 1.82) is 0 Å². The van der Waals surface area contributed by atoms with Crippen LogP contribution in [0.5, 0.6) is 0 Å². The molecule has 1 heteroatoms. The topological polar surface area (TPSA) is 0 Å². The first-order valence-corrected chi connectivity index (χ1v) is 7.96. The van der Waals surface area contributed by atoms with E-state index in [9.17, 15) is 0 Å². The molecule has 1 unspecified atom stereocenters. The molecule has 0 N–H and O–H groups in total. The van der Waals surface area contributed by atoms with Crippen molar-refractivity contribution in [2.24, 2.45) is 5.92 Å². The lowest BCUT2D eigenvalue weighted by Gasteiger charge is -2.23. The molecule has 0 aromatic heterocycles. The number of halogens is 1. The first-order valence-electron chi connectivity index (χ1n) is 7.52. The van der Waals surface area contributed by atoms with Crippen molar-refractivity contribution in [2.45, 2.75) is 63.7 Å². The Morgan fingerprint density at radius 2 is 1.78 bits per heavy atom. The number of hydrogen-bond acceptors (Lipinski definition) is 0. The maximum absolute atomic E-state index is 6.57. The molecule has 2 rings (SSSR count). The SMILES string of the molecule is CCCc1ccc(C(Cl)CC2CCCCC2)cc1. The summed E-state index contributed by atoms with van der Waals surface area (Å²) in [6, 6.07) is 8.95. The maximum Gasteiger partial charge on any atom is 0.0587 e. The summed E-state index contributed by atoms with van der Waals surface area (Å²) < 4.78 is 0. The van der Waals surface area contributed by atoms with Crippen molar-refractivity contribution in [3.05, 3.63) is 35.4 Å². The molecule has 1 saturated carbocycles. The molecule has 1 aromatic carbocycles. The zero-order valence-electron chi connectivity index (χ0n) is 11.5. The van der Waals surface area contributed by atoms with Crippen molar-refractivity contribution in [1.82, 2.24) is 0 Å². The fraction of sp³-hybridized carbons (Fsp3) is 0.647. The number of hydrogen-bond donors (Lipinski definition) is 0. The van der Waals surface area contributed by atoms with Gasteiger partial charge < -0.3 is 0 Å². The molecular formula is C17H25Cl. The van der Waals surface area contributed by atoms with Crippen LogP contribution in [0.4, 0.5) is 0 Å². The van der Waals surface area contributed by atoms with Crippen LogP contribution in [0.1, 0.15) is 68.4 Å². The lowest BCUT2D eigenvalue weighted by Crippen LogP contribution is -2.08. The van der Waals surface area contributed by atoms with Crippen LogP contribution in [-0.2, 0) is 6.42 Å². The zero-order valence-corrected chi connectivity index (χ0v) is 12.3. The van der Waals surface area contributed by atoms with Gasteiger partial charge in [0.25, 0.3) is 0 Å². The minimum absolute atomic E-state index is 0.212. The maximum atomic E-state index is 6.57. The predicted octanol–water partition coefficient (Wildman–Crippen LogP) is 5.89. The average molecular weight is 265 g/mol. The van der Waals surface area contributed by atoms with Crippen LogP contribution in [0, 0.1) is 5.92 Å². The molecule has 1 aliphatic rings. The first-order chi connectivity index (χ1) is 8.79. The van der Waals surface area contributed by atoms with E-state index in [-0.39, 0.29) is 5.38 Å². The summed E-state index contributed by atoms with van der Waals surface area (Å²) in [4.78, 5) is 0. The van der Waals surface area contributed by atoms with Crippen LogP contribution in [0.25, 0.3) is 0 Å². The third kappa shape index (κ3) is 4.02. The quantitative estimate of drug-likeness (QED) is 0.582. The van der Waals surface area contributed by atoms with Crippen LogP contribution < -0.4 is 0 Å². The summed E-state index contributed by atoms with van der Waals surface area (Å²) in [5.41, 5.74) is 2.74. The Morgan fingerprint density at radius 3 is 2.39 bits per heavy atom. The summed E-state index contributed by atoms with van der Waals surface area (Å²) in [6.07, 6.45) is 10.6. The average Bonchev–Trinajstić information content (AvgIpc) is 2.41. The minimum Gasteiger partial charge on any atom is -0.118 e. The summed E-state index contributed by atoms with van der Waals surface area (Å²) in [7, 11) is 0. The molecule has 0 nitrogen and oxygen atoms in total. The fourth-order valence-electron chi connectivity index (χ4n) is 3.03. The van der Waals surface area contributed by atoms with Gasteiger partial charge in [0.15, 0.2) is 0 Å². The van der Waals surface area contributed by atoms with Crippen molar-refractivity contribution >= 4 is 11.6 Å². The van der Waals surface area contributed by atoms with E-state index >= 15 is 0 Å². The second-order valence-corrected chi connectivity index (χ2v) is 6.23. The third-order valence-electron chi connectivity index (χ3n) is 4.15. The van der Waals surface area contributed by atoms with E-state index < -0.39 is 0 Å². The van der Waals surface area contributed by atoms with Gasteiger partial charge in [0, 0.05) is 0 Å². The molecule has 0 saturated heterocycles. The minimum atomic E-state index is 0.212. The van der Waals surface area contributed by atoms with Crippen LogP contribution in [0.3, 0.4) is 0 Å². The van der Waals surface area contributed by atoms with Crippen molar-refractivity contribution in [2.75, 3.05) is 0 Å². The second-order valence-electron chi connectivity index (χ2n) is 5.70. The fourth-order valence-corrected chi connectivity index (χ4v) is 3.43. The number of rotatable bonds is 5. The second kappa shape index (κ2) is 7.19. The van der Waals surface area contributed by atoms with Gasteiger partial charge in [-0.2, -0.15) is 0 Å². The first kappa shape index (κ1) is 13.9. The number of benzene rings is 1. The Hall–Kier alpha value is -0.490. The molecule has 0 heterocycles. The molecule has 1 aromatic rings. The summed E-state index contributed by atoms with van der Waals surface area (Å²) in [5.74, 6) is 0.858. The van der Waals surface area contributed by atoms with E-state index in [1.54, 1.807) is 0 Å². The Morgan fingerprint density at radius 1 is 1.11 bits per heavy atom. The normalized spacial score (nSPS) is 18.8. The van der Waals surface area contributed by atoms with E-state index in [1.165, 1.54) is 56.1 Å². The Labute approximate surface area is 117 Å². The van der Waals surface area contributed by atoms with Crippen LogP contribution in [0.2, 0.25) is 0 Å². The van der Waals surface area contributed by atoms with Gasteiger partial charge in [-0.15, -0.1) is 11.6 Å². The monoisotopic (exact) mass is 264 g/mol. The van der Waals surface area contributed by atoms with Crippen LogP contribution >= 0.6 is 11.6 Å². The smallest absolute Gasteiger partial charge is 0.0587 e. The molecule has 0 amide bonds. The van der Waals surface area contributed by atoms with Gasteiger partial charge in [-0.25, -0.2) is 0 Å². The van der Waals surface area contributed by atoms with Gasteiger partial charge in [-0.1, -0.05) is 69.7 Å². The van der Waals surface area contributed by atoms with Crippen LogP contribution in [0.15, 0.2) is 24.3 Å². The molecule has 0 bridgehead atoms. The van der Waals surface area contributed by atoms with Crippen LogP contribution in [-0.4, -0.2) is 0 Å². The molecule has 100 valence electrons. The molecule has 0 aliphatic heterocycles. The Balaban J connectivity index is 1.89. The van der Waals surface area contributed by atoms with Crippen molar-refractivity contribution < 1.29 is 0 Å². The summed E-state index contributed by atoms with van der Waals surface area (Å²) in [5, 5.41) is 0.212. The molecule has 0 spiro atoms. The van der Waals surface area contributed by atoms with E-state index in [0.29, 0.717) is 0 Å². The van der Waals surface area contributed by atoms with E-state index in [1.807, 2.05) is 0 Å². The number of alkyl halides is 1. The Kier molecular flexibility index (Phi) is 5.56. The highest BCUT2D eigenvalue weighted by Crippen LogP contribution is 2.35. The van der Waals surface area contributed by atoms with Crippen molar-refractivity contribution in [3.8, 4) is 0 Å². The molecular weight excluding hydrogens is 240 g/mol. The van der Waals surface area contributed by atoms with Gasteiger partial charge in [-0.3, -0.25) is 0 Å². The van der Waals surface area contributed by atoms with Gasteiger partial charge in [0.2, 0.25) is 0 Å². The third-order valence-corrected chi connectivity index (χ3v) is 4.58. The van der Waals surface area contributed by atoms with Gasteiger partial charge in [0.05, 0.1) is 5.38 Å². The molecule has 1 fully saturated rings. The molecule has 1 atom stereocenters. The van der Waals surface area contributed by atoms with E-state index in [0.717, 1.165) is 12.3 Å². The molecule has 1 aliphatic carbocycles. The lowest BCUT2D eigenvalue weighted by atomic mass is 9.85. The highest BCUT2D eigenvalue weighted by atomic mass is 35.5. The number of aryl methyl sites for hydroxylation is 1. The molecule has 0 radical (unpaired) electrons. The lowest BCUT2D eigenvalue weighted by molar-refractivity contribution is 0.336. The standard InChI is InChI=1S/C17H25Cl/c1-2-6-14-9-11-16(12-10-14)17(18)13-15-7-4-3-5-8-15/h9-12,15,17H,2-8,13H2,1H3. The van der Waals surface area contributed by atoms with Gasteiger partial charge in [-0.05, 0) is 29.9 Å². The van der Waals surface area contributed by atoms with E-state index in [4.69, 9.17) is 11.6 Å². The highest BCUT2D eigenvalue weighted by Gasteiger charge is 2.18. The van der Waals surface area contributed by atoms with E-state index in [2.05, 4.69) is 31.2 Å².